The second-order valence-corrected chi connectivity index (χ2v) is 6.38. The molecule has 2 heterocycles. The van der Waals surface area contributed by atoms with Crippen molar-refractivity contribution in [1.82, 2.24) is 24.1 Å². The Morgan fingerprint density at radius 3 is 2.91 bits per heavy atom. The van der Waals surface area contributed by atoms with Crippen molar-refractivity contribution < 1.29 is 12.8 Å². The van der Waals surface area contributed by atoms with Crippen molar-refractivity contribution in [2.24, 2.45) is 7.05 Å². The van der Waals surface area contributed by atoms with Gasteiger partial charge >= 0.3 is 5.76 Å². The van der Waals surface area contributed by atoms with Crippen molar-refractivity contribution in [3.05, 3.63) is 41.4 Å². The Labute approximate surface area is 125 Å². The molecule has 2 aromatic heterocycles. The average molecular weight is 323 g/mol. The molecule has 10 heteroatoms. The number of sulfonamides is 1. The molecular formula is C12H13N5O4S. The van der Waals surface area contributed by atoms with Gasteiger partial charge in [0.1, 0.15) is 12.7 Å². The molecule has 0 spiro atoms. The predicted octanol–water partition coefficient (Wildman–Crippen LogP) is -0.298. The van der Waals surface area contributed by atoms with E-state index in [9.17, 15) is 13.2 Å². The standard InChI is InChI=1S/C12H13N5O4S/c1-16-10-3-2-9(6-11(10)21-12(16)18)22(19,20)15-4-5-17-8-13-7-14-17/h2-3,6-8,15H,4-5H2,1H3. The van der Waals surface area contributed by atoms with Gasteiger partial charge in [0.25, 0.3) is 0 Å². The van der Waals surface area contributed by atoms with Crippen molar-refractivity contribution in [2.75, 3.05) is 6.54 Å². The Morgan fingerprint density at radius 2 is 2.18 bits per heavy atom. The smallest absolute Gasteiger partial charge is 0.408 e. The summed E-state index contributed by atoms with van der Waals surface area (Å²) in [6.07, 6.45) is 2.87. The van der Waals surface area contributed by atoms with E-state index in [1.165, 1.54) is 40.1 Å². The number of aryl methyl sites for hydroxylation is 1. The highest BCUT2D eigenvalue weighted by molar-refractivity contribution is 7.89. The molecule has 0 radical (unpaired) electrons. The lowest BCUT2D eigenvalue weighted by Crippen LogP contribution is -2.27. The third kappa shape index (κ3) is 2.65. The van der Waals surface area contributed by atoms with Gasteiger partial charge in [-0.1, -0.05) is 0 Å². The van der Waals surface area contributed by atoms with Crippen LogP contribution < -0.4 is 10.5 Å². The molecule has 0 unspecified atom stereocenters. The monoisotopic (exact) mass is 323 g/mol. The maximum Gasteiger partial charge on any atom is 0.419 e. The van der Waals surface area contributed by atoms with Crippen LogP contribution >= 0.6 is 0 Å². The number of hydrogen-bond donors (Lipinski definition) is 1. The maximum atomic E-state index is 12.2. The zero-order chi connectivity index (χ0) is 15.7. The van der Waals surface area contributed by atoms with Crippen LogP contribution in [0.4, 0.5) is 0 Å². The summed E-state index contributed by atoms with van der Waals surface area (Å²) in [5.41, 5.74) is 0.762. The quantitative estimate of drug-likeness (QED) is 0.690. The first-order valence-electron chi connectivity index (χ1n) is 6.39. The third-order valence-corrected chi connectivity index (χ3v) is 4.63. The van der Waals surface area contributed by atoms with Crippen LogP contribution in [0.5, 0.6) is 0 Å². The van der Waals surface area contributed by atoms with Gasteiger partial charge in [0, 0.05) is 19.7 Å². The van der Waals surface area contributed by atoms with Crippen molar-refractivity contribution in [3.63, 3.8) is 0 Å². The van der Waals surface area contributed by atoms with Gasteiger partial charge in [0.05, 0.1) is 17.0 Å². The van der Waals surface area contributed by atoms with Gasteiger partial charge < -0.3 is 4.42 Å². The lowest BCUT2D eigenvalue weighted by Gasteiger charge is -2.06. The van der Waals surface area contributed by atoms with Crippen LogP contribution in [0.1, 0.15) is 0 Å². The highest BCUT2D eigenvalue weighted by Gasteiger charge is 2.16. The molecule has 22 heavy (non-hydrogen) atoms. The summed E-state index contributed by atoms with van der Waals surface area (Å²) in [6, 6.07) is 4.29. The third-order valence-electron chi connectivity index (χ3n) is 3.17. The Hall–Kier alpha value is -2.46. The fourth-order valence-electron chi connectivity index (χ4n) is 2.01. The molecule has 3 aromatic rings. The summed E-state index contributed by atoms with van der Waals surface area (Å²) in [5, 5.41) is 3.88. The summed E-state index contributed by atoms with van der Waals surface area (Å²) in [4.78, 5) is 15.2. The molecule has 0 atom stereocenters. The molecule has 0 aliphatic rings. The molecule has 1 aromatic carbocycles. The number of fused-ring (bicyclic) bond motifs is 1. The van der Waals surface area contributed by atoms with Crippen LogP contribution in [-0.4, -0.2) is 34.3 Å². The molecular weight excluding hydrogens is 310 g/mol. The van der Waals surface area contributed by atoms with Crippen molar-refractivity contribution in [3.8, 4) is 0 Å². The van der Waals surface area contributed by atoms with E-state index < -0.39 is 15.8 Å². The normalized spacial score (nSPS) is 12.0. The van der Waals surface area contributed by atoms with Crippen LogP contribution in [0, 0.1) is 0 Å². The Morgan fingerprint density at radius 1 is 1.36 bits per heavy atom. The minimum atomic E-state index is -3.69. The van der Waals surface area contributed by atoms with Crippen LogP contribution in [0.2, 0.25) is 0 Å². The average Bonchev–Trinajstić information content (AvgIpc) is 3.08. The number of hydrogen-bond acceptors (Lipinski definition) is 6. The number of rotatable bonds is 5. The Bertz CT molecular complexity index is 955. The summed E-state index contributed by atoms with van der Waals surface area (Å²) in [5.74, 6) is -0.538. The SMILES string of the molecule is Cn1c(=O)oc2cc(S(=O)(=O)NCCn3cncn3)ccc21. The summed E-state index contributed by atoms with van der Waals surface area (Å²) < 4.78 is 34.7. The number of benzene rings is 1. The van der Waals surface area contributed by atoms with Gasteiger partial charge in [0.15, 0.2) is 5.58 Å². The van der Waals surface area contributed by atoms with Crippen LogP contribution in [0.25, 0.3) is 11.1 Å². The van der Waals surface area contributed by atoms with E-state index in [1.807, 2.05) is 0 Å². The maximum absolute atomic E-state index is 12.2. The fraction of sp³-hybridized carbons (Fsp3) is 0.250. The molecule has 3 rings (SSSR count). The van der Waals surface area contributed by atoms with Crippen LogP contribution in [0.15, 0.2) is 45.0 Å². The van der Waals surface area contributed by atoms with Crippen LogP contribution in [0.3, 0.4) is 0 Å². The largest absolute Gasteiger partial charge is 0.419 e. The van der Waals surface area contributed by atoms with Gasteiger partial charge in [-0.05, 0) is 12.1 Å². The minimum absolute atomic E-state index is 0.0351. The van der Waals surface area contributed by atoms with E-state index in [4.69, 9.17) is 4.42 Å². The molecule has 0 fully saturated rings. The van der Waals surface area contributed by atoms with E-state index >= 15 is 0 Å². The molecule has 0 saturated carbocycles. The van der Waals surface area contributed by atoms with E-state index in [-0.39, 0.29) is 17.0 Å². The number of oxazole rings is 1. The Balaban J connectivity index is 1.80. The van der Waals surface area contributed by atoms with E-state index in [0.717, 1.165) is 0 Å². The highest BCUT2D eigenvalue weighted by Crippen LogP contribution is 2.17. The number of nitrogens with zero attached hydrogens (tertiary/aromatic N) is 4. The van der Waals surface area contributed by atoms with E-state index in [2.05, 4.69) is 14.8 Å². The first-order chi connectivity index (χ1) is 10.5. The lowest BCUT2D eigenvalue weighted by molar-refractivity contribution is 0.527. The van der Waals surface area contributed by atoms with Gasteiger partial charge in [-0.25, -0.2) is 22.9 Å². The number of nitrogens with one attached hydrogen (secondary N) is 1. The van der Waals surface area contributed by atoms with Gasteiger partial charge in [-0.3, -0.25) is 9.25 Å². The molecule has 116 valence electrons. The molecule has 9 nitrogen and oxygen atoms in total. The highest BCUT2D eigenvalue weighted by atomic mass is 32.2. The summed E-state index contributed by atoms with van der Waals surface area (Å²) in [6.45, 7) is 0.532. The minimum Gasteiger partial charge on any atom is -0.408 e. The summed E-state index contributed by atoms with van der Waals surface area (Å²) in [7, 11) is -2.14. The molecule has 0 bridgehead atoms. The molecule has 0 amide bonds. The first-order valence-corrected chi connectivity index (χ1v) is 7.87. The molecule has 0 aliphatic carbocycles. The summed E-state index contributed by atoms with van der Waals surface area (Å²) >= 11 is 0. The van der Waals surface area contributed by atoms with E-state index in [0.29, 0.717) is 12.1 Å². The Kier molecular flexibility index (Phi) is 3.54. The predicted molar refractivity (Wildman–Crippen MR) is 76.7 cm³/mol. The zero-order valence-corrected chi connectivity index (χ0v) is 12.4. The molecule has 1 N–H and O–H groups in total. The van der Waals surface area contributed by atoms with Gasteiger partial charge in [-0.2, -0.15) is 5.10 Å². The van der Waals surface area contributed by atoms with Crippen molar-refractivity contribution >= 4 is 21.1 Å². The zero-order valence-electron chi connectivity index (χ0n) is 11.6. The van der Waals surface area contributed by atoms with E-state index in [1.54, 1.807) is 7.05 Å². The van der Waals surface area contributed by atoms with Crippen molar-refractivity contribution in [1.29, 1.82) is 0 Å². The first kappa shape index (κ1) is 14.5. The van der Waals surface area contributed by atoms with Gasteiger partial charge in [-0.15, -0.1) is 0 Å². The lowest BCUT2D eigenvalue weighted by atomic mass is 10.3. The molecule has 0 aliphatic heterocycles. The molecule has 0 saturated heterocycles. The van der Waals surface area contributed by atoms with Crippen molar-refractivity contribution in [2.45, 2.75) is 11.4 Å². The topological polar surface area (TPSA) is 112 Å². The second-order valence-electron chi connectivity index (χ2n) is 4.61. The van der Waals surface area contributed by atoms with Gasteiger partial charge in [0.2, 0.25) is 10.0 Å². The number of aromatic nitrogens is 4. The fourth-order valence-corrected chi connectivity index (χ4v) is 3.04. The van der Waals surface area contributed by atoms with Crippen LogP contribution in [-0.2, 0) is 23.6 Å². The second kappa shape index (κ2) is 5.39.